The van der Waals surface area contributed by atoms with Crippen LogP contribution in [0, 0.1) is 0 Å². The lowest BCUT2D eigenvalue weighted by atomic mass is 10.2. The second kappa shape index (κ2) is 7.00. The number of aliphatic hydroxyl groups is 2. The molecule has 0 bridgehead atoms. The van der Waals surface area contributed by atoms with Crippen molar-refractivity contribution in [1.82, 2.24) is 9.88 Å². The molecule has 0 saturated heterocycles. The van der Waals surface area contributed by atoms with Crippen LogP contribution in [0.5, 0.6) is 0 Å². The maximum atomic E-state index is 12.0. The van der Waals surface area contributed by atoms with E-state index in [2.05, 4.69) is 4.98 Å². The number of hydrogen-bond donors (Lipinski definition) is 3. The molecule has 6 nitrogen and oxygen atoms in total. The number of pyridine rings is 1. The van der Waals surface area contributed by atoms with Crippen molar-refractivity contribution < 1.29 is 15.0 Å². The van der Waals surface area contributed by atoms with Crippen molar-refractivity contribution in [1.29, 1.82) is 0 Å². The lowest BCUT2D eigenvalue weighted by Gasteiger charge is -2.20. The van der Waals surface area contributed by atoms with Gasteiger partial charge in [-0.3, -0.25) is 9.78 Å². The Morgan fingerprint density at radius 2 is 1.94 bits per heavy atom. The van der Waals surface area contributed by atoms with Crippen molar-refractivity contribution in [3.8, 4) is 0 Å². The topological polar surface area (TPSA) is 99.7 Å². The van der Waals surface area contributed by atoms with Crippen LogP contribution in [0.15, 0.2) is 18.3 Å². The molecule has 7 heteroatoms. The zero-order valence-electron chi connectivity index (χ0n) is 9.74. The zero-order valence-corrected chi connectivity index (χ0v) is 10.6. The molecule has 1 rings (SSSR count). The predicted octanol–water partition coefficient (Wildman–Crippen LogP) is -0.857. The molecular formula is C11H15N3O3S. The molecule has 1 aromatic heterocycles. The number of hydrogen-bond acceptors (Lipinski definition) is 5. The Balaban J connectivity index is 2.84. The van der Waals surface area contributed by atoms with Gasteiger partial charge >= 0.3 is 0 Å². The molecule has 1 heterocycles. The highest BCUT2D eigenvalue weighted by molar-refractivity contribution is 7.80. The first-order valence-corrected chi connectivity index (χ1v) is 5.77. The van der Waals surface area contributed by atoms with Gasteiger partial charge in [0.15, 0.2) is 0 Å². The van der Waals surface area contributed by atoms with Gasteiger partial charge < -0.3 is 20.8 Å². The summed E-state index contributed by atoms with van der Waals surface area (Å²) in [4.78, 5) is 17.5. The number of aliphatic hydroxyl groups excluding tert-OH is 2. The summed E-state index contributed by atoms with van der Waals surface area (Å²) < 4.78 is 0. The summed E-state index contributed by atoms with van der Waals surface area (Å²) >= 11 is 4.78. The largest absolute Gasteiger partial charge is 0.395 e. The van der Waals surface area contributed by atoms with Crippen LogP contribution in [0.1, 0.15) is 16.1 Å². The van der Waals surface area contributed by atoms with E-state index in [1.165, 1.54) is 17.2 Å². The number of carbonyl (C=O) groups excluding carboxylic acids is 1. The molecule has 0 aliphatic carbocycles. The van der Waals surface area contributed by atoms with Crippen LogP contribution in [0.3, 0.4) is 0 Å². The van der Waals surface area contributed by atoms with E-state index in [0.29, 0.717) is 5.56 Å². The summed E-state index contributed by atoms with van der Waals surface area (Å²) in [6.45, 7) is -0.0380. The van der Waals surface area contributed by atoms with Crippen LogP contribution in [0.25, 0.3) is 0 Å². The second-order valence-electron chi connectivity index (χ2n) is 3.54. The first-order valence-electron chi connectivity index (χ1n) is 5.37. The second-order valence-corrected chi connectivity index (χ2v) is 3.98. The lowest BCUT2D eigenvalue weighted by molar-refractivity contribution is 0.0679. The summed E-state index contributed by atoms with van der Waals surface area (Å²) in [7, 11) is 0. The SMILES string of the molecule is NC(=S)c1ccc(C(=O)N(CCO)CCO)nc1. The Morgan fingerprint density at radius 1 is 1.33 bits per heavy atom. The number of amides is 1. The minimum atomic E-state index is -0.354. The third kappa shape index (κ3) is 3.73. The van der Waals surface area contributed by atoms with Gasteiger partial charge in [-0.15, -0.1) is 0 Å². The van der Waals surface area contributed by atoms with Crippen molar-refractivity contribution in [3.63, 3.8) is 0 Å². The predicted molar refractivity (Wildman–Crippen MR) is 70.2 cm³/mol. The third-order valence-electron chi connectivity index (χ3n) is 2.29. The summed E-state index contributed by atoms with van der Waals surface area (Å²) in [5.41, 5.74) is 6.23. The average Bonchev–Trinajstić information content (AvgIpc) is 2.38. The highest BCUT2D eigenvalue weighted by Crippen LogP contribution is 2.04. The summed E-state index contributed by atoms with van der Waals surface area (Å²) in [5.74, 6) is -0.354. The molecule has 0 atom stereocenters. The van der Waals surface area contributed by atoms with Gasteiger partial charge in [0.25, 0.3) is 5.91 Å². The van der Waals surface area contributed by atoms with Crippen molar-refractivity contribution >= 4 is 23.1 Å². The monoisotopic (exact) mass is 269 g/mol. The molecule has 0 aliphatic rings. The summed E-state index contributed by atoms with van der Waals surface area (Å²) in [6.07, 6.45) is 1.42. The Kier molecular flexibility index (Phi) is 5.63. The summed E-state index contributed by atoms with van der Waals surface area (Å²) in [5, 5.41) is 17.7. The highest BCUT2D eigenvalue weighted by atomic mass is 32.1. The van der Waals surface area contributed by atoms with Crippen LogP contribution in [-0.4, -0.2) is 57.3 Å². The Hall–Kier alpha value is -1.57. The fourth-order valence-electron chi connectivity index (χ4n) is 1.38. The number of aromatic nitrogens is 1. The van der Waals surface area contributed by atoms with Gasteiger partial charge in [-0.25, -0.2) is 0 Å². The standard InChI is InChI=1S/C11H15N3O3S/c12-10(18)8-1-2-9(13-7-8)11(17)14(3-5-15)4-6-16/h1-2,7,15-16H,3-6H2,(H2,12,18). The minimum Gasteiger partial charge on any atom is -0.395 e. The molecule has 0 saturated carbocycles. The van der Waals surface area contributed by atoms with E-state index in [1.807, 2.05) is 0 Å². The first-order chi connectivity index (χ1) is 8.60. The Bertz CT molecular complexity index is 416. The molecule has 4 N–H and O–H groups in total. The van der Waals surface area contributed by atoms with Gasteiger partial charge in [-0.1, -0.05) is 12.2 Å². The molecule has 1 aromatic rings. The van der Waals surface area contributed by atoms with Crippen LogP contribution >= 0.6 is 12.2 Å². The zero-order chi connectivity index (χ0) is 13.5. The van der Waals surface area contributed by atoms with Gasteiger partial charge in [-0.2, -0.15) is 0 Å². The normalized spacial score (nSPS) is 10.1. The minimum absolute atomic E-state index is 0.151. The number of nitrogens with two attached hydrogens (primary N) is 1. The van der Waals surface area contributed by atoms with Gasteiger partial charge in [-0.05, 0) is 12.1 Å². The molecule has 1 amide bonds. The summed E-state index contributed by atoms with van der Waals surface area (Å²) in [6, 6.07) is 3.12. The van der Waals surface area contributed by atoms with Crippen LogP contribution < -0.4 is 5.73 Å². The number of nitrogens with zero attached hydrogens (tertiary/aromatic N) is 2. The van der Waals surface area contributed by atoms with Crippen molar-refractivity contribution in [2.75, 3.05) is 26.3 Å². The van der Waals surface area contributed by atoms with E-state index in [-0.39, 0.29) is 42.9 Å². The highest BCUT2D eigenvalue weighted by Gasteiger charge is 2.16. The van der Waals surface area contributed by atoms with Crippen molar-refractivity contribution in [2.24, 2.45) is 5.73 Å². The van der Waals surface area contributed by atoms with E-state index in [1.54, 1.807) is 6.07 Å². The molecule has 0 aliphatic heterocycles. The molecule has 0 radical (unpaired) electrons. The van der Waals surface area contributed by atoms with Crippen LogP contribution in [0.4, 0.5) is 0 Å². The fraction of sp³-hybridized carbons (Fsp3) is 0.364. The molecule has 0 spiro atoms. The molecule has 18 heavy (non-hydrogen) atoms. The third-order valence-corrected chi connectivity index (χ3v) is 2.53. The van der Waals surface area contributed by atoms with Crippen LogP contribution in [0.2, 0.25) is 0 Å². The van der Waals surface area contributed by atoms with Crippen molar-refractivity contribution in [2.45, 2.75) is 0 Å². The maximum Gasteiger partial charge on any atom is 0.272 e. The number of carbonyl (C=O) groups is 1. The van der Waals surface area contributed by atoms with Gasteiger partial charge in [0.05, 0.1) is 13.2 Å². The average molecular weight is 269 g/mol. The number of thiocarbonyl (C=S) groups is 1. The Labute approximate surface area is 110 Å². The maximum absolute atomic E-state index is 12.0. The Morgan fingerprint density at radius 3 is 2.33 bits per heavy atom. The lowest BCUT2D eigenvalue weighted by Crippen LogP contribution is -2.36. The van der Waals surface area contributed by atoms with E-state index in [0.717, 1.165) is 0 Å². The number of rotatable bonds is 6. The quantitative estimate of drug-likeness (QED) is 0.581. The van der Waals surface area contributed by atoms with Gasteiger partial charge in [0.1, 0.15) is 10.7 Å². The van der Waals surface area contributed by atoms with E-state index < -0.39 is 0 Å². The van der Waals surface area contributed by atoms with E-state index in [9.17, 15) is 4.79 Å². The molecule has 0 aromatic carbocycles. The van der Waals surface area contributed by atoms with E-state index in [4.69, 9.17) is 28.2 Å². The molecule has 98 valence electrons. The first kappa shape index (κ1) is 14.5. The molecule has 0 fully saturated rings. The fourth-order valence-corrected chi connectivity index (χ4v) is 1.51. The smallest absolute Gasteiger partial charge is 0.272 e. The van der Waals surface area contributed by atoms with Crippen molar-refractivity contribution in [3.05, 3.63) is 29.6 Å². The van der Waals surface area contributed by atoms with Gasteiger partial charge in [0.2, 0.25) is 0 Å². The van der Waals surface area contributed by atoms with Gasteiger partial charge in [0, 0.05) is 24.8 Å². The molecular weight excluding hydrogens is 254 g/mol. The van der Waals surface area contributed by atoms with E-state index >= 15 is 0 Å². The molecule has 0 unspecified atom stereocenters. The van der Waals surface area contributed by atoms with Crippen LogP contribution in [-0.2, 0) is 0 Å².